The second-order valence-corrected chi connectivity index (χ2v) is 9.28. The zero-order chi connectivity index (χ0) is 24.2. The molecule has 0 bridgehead atoms. The number of piperidine rings is 1. The summed E-state index contributed by atoms with van der Waals surface area (Å²) in [5.74, 6) is 0.950. The summed E-state index contributed by atoms with van der Waals surface area (Å²) in [7, 11) is 0. The van der Waals surface area contributed by atoms with Crippen LogP contribution in [0.5, 0.6) is 0 Å². The van der Waals surface area contributed by atoms with E-state index in [2.05, 4.69) is 20.4 Å². The Morgan fingerprint density at radius 2 is 1.89 bits per heavy atom. The standard InChI is InChI=1S/C25H23F3N6O/c26-25(27,28)16-7-10-21-31-32-23(34(21)14-16)15-4-3-11-33(13-15)22-12-19(24(35)29-17-8-9-17)18-5-1-2-6-20(18)30-22/h1-2,5-7,10,12,14-15,17H,3-4,8-9,11,13H2,(H,29,35). The monoisotopic (exact) mass is 480 g/mol. The van der Waals surface area contributed by atoms with Crippen LogP contribution in [0.4, 0.5) is 19.0 Å². The number of pyridine rings is 2. The number of para-hydroxylation sites is 1. The third-order valence-corrected chi connectivity index (χ3v) is 6.73. The van der Waals surface area contributed by atoms with Crippen LogP contribution in [-0.4, -0.2) is 44.6 Å². The predicted octanol–water partition coefficient (Wildman–Crippen LogP) is 4.57. The molecule has 1 saturated carbocycles. The average molecular weight is 480 g/mol. The molecule has 3 aromatic heterocycles. The van der Waals surface area contributed by atoms with Gasteiger partial charge in [-0.3, -0.25) is 9.20 Å². The van der Waals surface area contributed by atoms with Crippen LogP contribution in [0.3, 0.4) is 0 Å². The van der Waals surface area contributed by atoms with Crippen LogP contribution in [0.25, 0.3) is 16.6 Å². The molecule has 1 amide bonds. The summed E-state index contributed by atoms with van der Waals surface area (Å²) < 4.78 is 41.3. The van der Waals surface area contributed by atoms with Gasteiger partial charge in [-0.1, -0.05) is 18.2 Å². The van der Waals surface area contributed by atoms with Gasteiger partial charge in [-0.05, 0) is 49.9 Å². The summed E-state index contributed by atoms with van der Waals surface area (Å²) in [6.45, 7) is 1.25. The third kappa shape index (κ3) is 4.17. The highest BCUT2D eigenvalue weighted by atomic mass is 19.4. The highest BCUT2D eigenvalue weighted by Crippen LogP contribution is 2.33. The lowest BCUT2D eigenvalue weighted by molar-refractivity contribution is -0.137. The van der Waals surface area contributed by atoms with E-state index in [1.54, 1.807) is 0 Å². The van der Waals surface area contributed by atoms with Gasteiger partial charge in [0.25, 0.3) is 5.91 Å². The first-order valence-electron chi connectivity index (χ1n) is 11.7. The van der Waals surface area contributed by atoms with Crippen molar-refractivity contribution in [2.24, 2.45) is 0 Å². The predicted molar refractivity (Wildman–Crippen MR) is 124 cm³/mol. The maximum absolute atomic E-state index is 13.3. The molecule has 35 heavy (non-hydrogen) atoms. The van der Waals surface area contributed by atoms with Crippen molar-refractivity contribution in [2.45, 2.75) is 43.8 Å². The van der Waals surface area contributed by atoms with Gasteiger partial charge in [0.1, 0.15) is 11.6 Å². The first kappa shape index (κ1) is 21.8. The number of rotatable bonds is 4. The van der Waals surface area contributed by atoms with Gasteiger partial charge in [-0.15, -0.1) is 10.2 Å². The molecule has 1 aromatic carbocycles. The molecule has 6 rings (SSSR count). The van der Waals surface area contributed by atoms with Gasteiger partial charge >= 0.3 is 6.18 Å². The molecule has 180 valence electrons. The molecule has 1 aliphatic heterocycles. The fourth-order valence-electron chi connectivity index (χ4n) is 4.75. The Morgan fingerprint density at radius 3 is 2.69 bits per heavy atom. The number of nitrogens with zero attached hydrogens (tertiary/aromatic N) is 5. The Bertz CT molecular complexity index is 1430. The lowest BCUT2D eigenvalue weighted by atomic mass is 9.96. The largest absolute Gasteiger partial charge is 0.417 e. The van der Waals surface area contributed by atoms with Crippen molar-refractivity contribution in [3.05, 3.63) is 65.6 Å². The maximum Gasteiger partial charge on any atom is 0.417 e. The Balaban J connectivity index is 1.34. The van der Waals surface area contributed by atoms with Crippen LogP contribution < -0.4 is 10.2 Å². The summed E-state index contributed by atoms with van der Waals surface area (Å²) in [6.07, 6.45) is 0.210. The fraction of sp³-hybridized carbons (Fsp3) is 0.360. The molecular formula is C25H23F3N6O. The number of fused-ring (bicyclic) bond motifs is 2. The van der Waals surface area contributed by atoms with Crippen molar-refractivity contribution in [2.75, 3.05) is 18.0 Å². The second-order valence-electron chi connectivity index (χ2n) is 9.28. The van der Waals surface area contributed by atoms with Gasteiger partial charge in [-0.2, -0.15) is 13.2 Å². The van der Waals surface area contributed by atoms with E-state index in [9.17, 15) is 18.0 Å². The quantitative estimate of drug-likeness (QED) is 0.463. The molecule has 4 heterocycles. The molecule has 1 saturated heterocycles. The van der Waals surface area contributed by atoms with Gasteiger partial charge in [0.15, 0.2) is 5.65 Å². The normalized spacial score (nSPS) is 18.8. The van der Waals surface area contributed by atoms with Crippen molar-refractivity contribution < 1.29 is 18.0 Å². The summed E-state index contributed by atoms with van der Waals surface area (Å²) in [5, 5.41) is 12.2. The molecular weight excluding hydrogens is 457 g/mol. The molecule has 2 aliphatic rings. The Morgan fingerprint density at radius 1 is 1.06 bits per heavy atom. The number of alkyl halides is 3. The molecule has 1 atom stereocenters. The number of carbonyl (C=O) groups excluding carboxylic acids is 1. The van der Waals surface area contributed by atoms with Crippen LogP contribution in [0, 0.1) is 0 Å². The van der Waals surface area contributed by atoms with E-state index in [4.69, 9.17) is 4.98 Å². The van der Waals surface area contributed by atoms with Gasteiger partial charge in [0.2, 0.25) is 0 Å². The van der Waals surface area contributed by atoms with Crippen LogP contribution in [0.2, 0.25) is 0 Å². The molecule has 7 nitrogen and oxygen atoms in total. The van der Waals surface area contributed by atoms with Gasteiger partial charge < -0.3 is 10.2 Å². The van der Waals surface area contributed by atoms with Crippen LogP contribution >= 0.6 is 0 Å². The average Bonchev–Trinajstić information content (AvgIpc) is 3.57. The van der Waals surface area contributed by atoms with E-state index < -0.39 is 11.7 Å². The molecule has 1 N–H and O–H groups in total. The maximum atomic E-state index is 13.3. The highest BCUT2D eigenvalue weighted by Gasteiger charge is 2.33. The third-order valence-electron chi connectivity index (χ3n) is 6.73. The first-order valence-corrected chi connectivity index (χ1v) is 11.7. The Labute approximate surface area is 199 Å². The second kappa shape index (κ2) is 8.21. The van der Waals surface area contributed by atoms with Crippen molar-refractivity contribution >= 4 is 28.3 Å². The summed E-state index contributed by atoms with van der Waals surface area (Å²) in [6, 6.07) is 12.0. The molecule has 1 aliphatic carbocycles. The summed E-state index contributed by atoms with van der Waals surface area (Å²) in [5.41, 5.74) is 0.965. The molecule has 10 heteroatoms. The number of halogens is 3. The summed E-state index contributed by atoms with van der Waals surface area (Å²) in [4.78, 5) is 19.9. The van der Waals surface area contributed by atoms with Gasteiger partial charge in [-0.25, -0.2) is 4.98 Å². The molecule has 4 aromatic rings. The molecule has 2 fully saturated rings. The van der Waals surface area contributed by atoms with Gasteiger partial charge in [0.05, 0.1) is 16.6 Å². The minimum atomic E-state index is -4.44. The van der Waals surface area contributed by atoms with E-state index >= 15 is 0 Å². The molecule has 0 spiro atoms. The number of anilines is 1. The van der Waals surface area contributed by atoms with E-state index in [0.717, 1.165) is 55.4 Å². The smallest absolute Gasteiger partial charge is 0.356 e. The van der Waals surface area contributed by atoms with E-state index in [-0.39, 0.29) is 17.9 Å². The SMILES string of the molecule is O=C(NC1CC1)c1cc(N2CCCC(c3nnc4ccc(C(F)(F)F)cn34)C2)nc2ccccc12. The summed E-state index contributed by atoms with van der Waals surface area (Å²) >= 11 is 0. The first-order chi connectivity index (χ1) is 16.9. The van der Waals surface area contributed by atoms with Crippen LogP contribution in [0.1, 0.15) is 53.3 Å². The number of nitrogens with one attached hydrogen (secondary N) is 1. The fourth-order valence-corrected chi connectivity index (χ4v) is 4.75. The zero-order valence-corrected chi connectivity index (χ0v) is 18.8. The number of benzene rings is 1. The van der Waals surface area contributed by atoms with E-state index in [1.807, 2.05) is 30.3 Å². The van der Waals surface area contributed by atoms with Gasteiger partial charge in [0, 0.05) is 36.6 Å². The highest BCUT2D eigenvalue weighted by molar-refractivity contribution is 6.07. The van der Waals surface area contributed by atoms with E-state index in [0.29, 0.717) is 29.4 Å². The zero-order valence-electron chi connectivity index (χ0n) is 18.8. The lowest BCUT2D eigenvalue weighted by Gasteiger charge is -2.33. The Hall–Kier alpha value is -3.69. The van der Waals surface area contributed by atoms with Crippen molar-refractivity contribution in [3.8, 4) is 0 Å². The molecule has 1 unspecified atom stereocenters. The van der Waals surface area contributed by atoms with Crippen molar-refractivity contribution in [3.63, 3.8) is 0 Å². The minimum Gasteiger partial charge on any atom is -0.356 e. The minimum absolute atomic E-state index is 0.107. The number of aromatic nitrogens is 4. The lowest BCUT2D eigenvalue weighted by Crippen LogP contribution is -2.36. The number of amides is 1. The molecule has 0 radical (unpaired) electrons. The number of carbonyl (C=O) groups is 1. The van der Waals surface area contributed by atoms with Crippen molar-refractivity contribution in [1.82, 2.24) is 24.9 Å². The number of hydrogen-bond acceptors (Lipinski definition) is 5. The topological polar surface area (TPSA) is 75.4 Å². The Kier molecular flexibility index (Phi) is 5.12. The number of hydrogen-bond donors (Lipinski definition) is 1. The van der Waals surface area contributed by atoms with E-state index in [1.165, 1.54) is 10.5 Å². The van der Waals surface area contributed by atoms with Crippen molar-refractivity contribution in [1.29, 1.82) is 0 Å². The van der Waals surface area contributed by atoms with Crippen LogP contribution in [-0.2, 0) is 6.18 Å². The van der Waals surface area contributed by atoms with Crippen LogP contribution in [0.15, 0.2) is 48.7 Å².